The van der Waals surface area contributed by atoms with Crippen LogP contribution >= 0.6 is 0 Å². The third-order valence-corrected chi connectivity index (χ3v) is 13.0. The molecule has 44 heavy (non-hydrogen) atoms. The molecule has 1 saturated carbocycles. The number of rotatable bonds is 8. The molecule has 7 rings (SSSR count). The SMILES string of the molecule is CO[C@H]1CCC[C@@H]1C1(C2CCN(CC3CN(c4ccc(S(=O)(=O)c5ccncc5)cc4)C3)CC2)CN(C)Cc2ccccc21. The molecule has 1 unspecified atom stereocenters. The minimum atomic E-state index is -3.52. The minimum absolute atomic E-state index is 0.164. The normalized spacial score (nSPS) is 27.3. The van der Waals surface area contributed by atoms with Crippen molar-refractivity contribution in [3.63, 3.8) is 0 Å². The standard InChI is InChI=1S/C36H46N4O3S/c1-38-25-28-6-3-4-7-33(28)36(26-38,34-8-5-9-35(34)43-2)29-16-20-39(21-17-29)22-27-23-40(24-27)30-10-12-31(13-11-30)44(41,42)32-14-18-37-19-15-32/h3-4,6-7,10-15,18-19,27,29,34-35H,5,8-9,16-17,20-26H2,1-2H3/t34-,35-,36?/m0/s1. The first-order valence-electron chi connectivity index (χ1n) is 16.4. The lowest BCUT2D eigenvalue weighted by molar-refractivity contribution is -0.0206. The van der Waals surface area contributed by atoms with Gasteiger partial charge in [0.15, 0.2) is 0 Å². The van der Waals surface area contributed by atoms with E-state index in [-0.39, 0.29) is 10.3 Å². The molecule has 3 fully saturated rings. The van der Waals surface area contributed by atoms with Gasteiger partial charge in [-0.05, 0) is 105 Å². The largest absolute Gasteiger partial charge is 0.381 e. The molecule has 3 atom stereocenters. The molecular formula is C36H46N4O3S. The summed E-state index contributed by atoms with van der Waals surface area (Å²) in [4.78, 5) is 12.2. The summed E-state index contributed by atoms with van der Waals surface area (Å²) in [5, 5.41) is 0. The fourth-order valence-corrected chi connectivity index (χ4v) is 10.4. The summed E-state index contributed by atoms with van der Waals surface area (Å²) >= 11 is 0. The predicted octanol–water partition coefficient (Wildman–Crippen LogP) is 5.26. The number of hydrogen-bond acceptors (Lipinski definition) is 7. The minimum Gasteiger partial charge on any atom is -0.381 e. The molecule has 0 radical (unpaired) electrons. The van der Waals surface area contributed by atoms with E-state index in [2.05, 4.69) is 51.0 Å². The molecule has 2 saturated heterocycles. The Kier molecular flexibility index (Phi) is 8.29. The molecule has 0 amide bonds. The van der Waals surface area contributed by atoms with Crippen LogP contribution in [0, 0.1) is 17.8 Å². The molecular weight excluding hydrogens is 568 g/mol. The highest BCUT2D eigenvalue weighted by Gasteiger charge is 2.54. The van der Waals surface area contributed by atoms with E-state index < -0.39 is 9.84 Å². The van der Waals surface area contributed by atoms with Crippen LogP contribution in [0.25, 0.3) is 0 Å². The number of methoxy groups -OCH3 is 1. The Hall–Kier alpha value is -2.78. The van der Waals surface area contributed by atoms with E-state index in [1.165, 1.54) is 63.2 Å². The Morgan fingerprint density at radius 1 is 0.909 bits per heavy atom. The van der Waals surface area contributed by atoms with Crippen molar-refractivity contribution in [3.8, 4) is 0 Å². The number of pyridine rings is 1. The molecule has 2 aromatic carbocycles. The third-order valence-electron chi connectivity index (χ3n) is 11.2. The fraction of sp³-hybridized carbons (Fsp3) is 0.528. The van der Waals surface area contributed by atoms with Gasteiger partial charge in [0.1, 0.15) is 0 Å². The number of benzene rings is 2. The molecule has 4 heterocycles. The van der Waals surface area contributed by atoms with Gasteiger partial charge in [-0.25, -0.2) is 8.42 Å². The zero-order chi connectivity index (χ0) is 30.3. The lowest BCUT2D eigenvalue weighted by Gasteiger charge is -2.55. The predicted molar refractivity (Wildman–Crippen MR) is 174 cm³/mol. The number of aromatic nitrogens is 1. The Balaban J connectivity index is 0.982. The van der Waals surface area contributed by atoms with Crippen molar-refractivity contribution in [1.29, 1.82) is 0 Å². The van der Waals surface area contributed by atoms with Crippen LogP contribution in [0.15, 0.2) is 82.8 Å². The van der Waals surface area contributed by atoms with E-state index >= 15 is 0 Å². The summed E-state index contributed by atoms with van der Waals surface area (Å²) in [6.45, 7) is 7.71. The lowest BCUT2D eigenvalue weighted by atomic mass is 9.56. The molecule has 0 bridgehead atoms. The average molecular weight is 615 g/mol. The maximum atomic E-state index is 12.9. The van der Waals surface area contributed by atoms with Gasteiger partial charge < -0.3 is 19.4 Å². The second kappa shape index (κ2) is 12.2. The van der Waals surface area contributed by atoms with Crippen LogP contribution in [0.2, 0.25) is 0 Å². The highest BCUT2D eigenvalue weighted by Crippen LogP contribution is 2.53. The Bertz CT molecular complexity index is 1540. The van der Waals surface area contributed by atoms with Crippen molar-refractivity contribution in [3.05, 3.63) is 84.2 Å². The van der Waals surface area contributed by atoms with Crippen molar-refractivity contribution in [1.82, 2.24) is 14.8 Å². The Morgan fingerprint density at radius 2 is 1.61 bits per heavy atom. The molecule has 0 N–H and O–H groups in total. The third kappa shape index (κ3) is 5.38. The molecule has 7 nitrogen and oxygen atoms in total. The first kappa shape index (κ1) is 29.9. The van der Waals surface area contributed by atoms with Crippen LogP contribution in [0.3, 0.4) is 0 Å². The van der Waals surface area contributed by atoms with Gasteiger partial charge in [0.05, 0.1) is 15.9 Å². The monoisotopic (exact) mass is 614 g/mol. The van der Waals surface area contributed by atoms with Gasteiger partial charge >= 0.3 is 0 Å². The van der Waals surface area contributed by atoms with Gasteiger partial charge in [0, 0.05) is 69.2 Å². The maximum Gasteiger partial charge on any atom is 0.206 e. The summed E-state index contributed by atoms with van der Waals surface area (Å²) in [5.74, 6) is 1.90. The van der Waals surface area contributed by atoms with Crippen LogP contribution in [-0.4, -0.2) is 82.7 Å². The van der Waals surface area contributed by atoms with Gasteiger partial charge in [-0.3, -0.25) is 4.98 Å². The summed E-state index contributed by atoms with van der Waals surface area (Å²) < 4.78 is 32.0. The first-order valence-corrected chi connectivity index (χ1v) is 17.9. The van der Waals surface area contributed by atoms with E-state index in [4.69, 9.17) is 4.74 Å². The van der Waals surface area contributed by atoms with Gasteiger partial charge in [-0.2, -0.15) is 0 Å². The van der Waals surface area contributed by atoms with Gasteiger partial charge in [0.25, 0.3) is 0 Å². The van der Waals surface area contributed by atoms with E-state index in [9.17, 15) is 8.42 Å². The first-order chi connectivity index (χ1) is 21.4. The quantitative estimate of drug-likeness (QED) is 0.343. The Labute approximate surface area is 263 Å². The van der Waals surface area contributed by atoms with Crippen LogP contribution in [0.5, 0.6) is 0 Å². The fourth-order valence-electron chi connectivity index (χ4n) is 9.14. The van der Waals surface area contributed by atoms with Gasteiger partial charge in [-0.1, -0.05) is 30.7 Å². The van der Waals surface area contributed by atoms with Crippen molar-refractivity contribution < 1.29 is 13.2 Å². The molecule has 4 aliphatic rings. The maximum absolute atomic E-state index is 12.9. The van der Waals surface area contributed by atoms with Crippen LogP contribution in [0.1, 0.15) is 43.2 Å². The van der Waals surface area contributed by atoms with Crippen molar-refractivity contribution in [2.75, 3.05) is 58.3 Å². The van der Waals surface area contributed by atoms with Gasteiger partial charge in [0.2, 0.25) is 9.84 Å². The number of piperidine rings is 1. The van der Waals surface area contributed by atoms with E-state index in [1.807, 2.05) is 19.2 Å². The van der Waals surface area contributed by atoms with Crippen LogP contribution < -0.4 is 4.90 Å². The lowest BCUT2D eigenvalue weighted by Crippen LogP contribution is -2.58. The van der Waals surface area contributed by atoms with Crippen LogP contribution in [0.4, 0.5) is 5.69 Å². The number of nitrogens with zero attached hydrogens (tertiary/aromatic N) is 4. The summed E-state index contributed by atoms with van der Waals surface area (Å²) in [6.07, 6.45) is 9.63. The molecule has 0 spiro atoms. The highest BCUT2D eigenvalue weighted by molar-refractivity contribution is 7.91. The molecule has 1 aliphatic carbocycles. The number of anilines is 1. The summed E-state index contributed by atoms with van der Waals surface area (Å²) in [7, 11) is 0.719. The smallest absolute Gasteiger partial charge is 0.206 e. The van der Waals surface area contributed by atoms with E-state index in [0.29, 0.717) is 28.8 Å². The number of likely N-dealkylation sites (N-methyl/N-ethyl adjacent to an activating group) is 1. The van der Waals surface area contributed by atoms with E-state index in [1.54, 1.807) is 29.8 Å². The molecule has 1 aromatic heterocycles. The molecule has 8 heteroatoms. The number of sulfone groups is 1. The number of ether oxygens (including phenoxy) is 1. The van der Waals surface area contributed by atoms with Crippen molar-refractivity contribution in [2.45, 2.75) is 60.0 Å². The van der Waals surface area contributed by atoms with Gasteiger partial charge in [-0.15, -0.1) is 0 Å². The number of hydrogen-bond donors (Lipinski definition) is 0. The number of likely N-dealkylation sites (tertiary alicyclic amines) is 1. The zero-order valence-corrected chi connectivity index (χ0v) is 27.0. The summed E-state index contributed by atoms with van der Waals surface area (Å²) in [6, 6.07) is 19.7. The highest BCUT2D eigenvalue weighted by atomic mass is 32.2. The second-order valence-electron chi connectivity index (χ2n) is 13.7. The van der Waals surface area contributed by atoms with Crippen molar-refractivity contribution in [2.24, 2.45) is 17.8 Å². The summed E-state index contributed by atoms with van der Waals surface area (Å²) in [5.41, 5.74) is 4.39. The van der Waals surface area contributed by atoms with Crippen LogP contribution in [-0.2, 0) is 26.5 Å². The molecule has 3 aliphatic heterocycles. The van der Waals surface area contributed by atoms with E-state index in [0.717, 1.165) is 38.4 Å². The average Bonchev–Trinajstić information content (AvgIpc) is 3.52. The number of fused-ring (bicyclic) bond motifs is 1. The Morgan fingerprint density at radius 3 is 2.34 bits per heavy atom. The second-order valence-corrected chi connectivity index (χ2v) is 15.7. The molecule has 234 valence electrons. The topological polar surface area (TPSA) is 66.0 Å². The van der Waals surface area contributed by atoms with Crippen molar-refractivity contribution >= 4 is 15.5 Å². The molecule has 3 aromatic rings. The zero-order valence-electron chi connectivity index (χ0n) is 26.1.